The smallest absolute Gasteiger partial charge is 0.416 e. The van der Waals surface area contributed by atoms with E-state index in [1.165, 1.54) is 41.7 Å². The standard InChI is InChI=1S/C26H17F4N5O2S/c27-18-11-21-20(31-22(35(21)17-9-10-17)13-5-7-16(8-6-13)26(28,29)30)12-19(18)32-25-34-33-23(38-25)14-1-3-15(4-2-14)24(36)37/h1-8,11-12,17H,9-10H2,(H,32,34)(H,36,37). The Morgan fingerprint density at radius 2 is 1.68 bits per heavy atom. The van der Waals surface area contributed by atoms with E-state index in [1.54, 1.807) is 18.2 Å². The predicted molar refractivity (Wildman–Crippen MR) is 134 cm³/mol. The van der Waals surface area contributed by atoms with Gasteiger partial charge in [0.15, 0.2) is 0 Å². The van der Waals surface area contributed by atoms with Gasteiger partial charge in [-0.3, -0.25) is 0 Å². The van der Waals surface area contributed by atoms with E-state index < -0.39 is 23.5 Å². The van der Waals surface area contributed by atoms with Gasteiger partial charge in [-0.2, -0.15) is 13.2 Å². The van der Waals surface area contributed by atoms with Gasteiger partial charge in [-0.25, -0.2) is 14.2 Å². The number of nitrogens with one attached hydrogen (secondary N) is 1. The maximum atomic E-state index is 15.2. The molecule has 0 saturated heterocycles. The van der Waals surface area contributed by atoms with Crippen LogP contribution in [0.25, 0.3) is 33.0 Å². The summed E-state index contributed by atoms with van der Waals surface area (Å²) in [5, 5.41) is 21.0. The molecule has 1 aliphatic rings. The van der Waals surface area contributed by atoms with Crippen LogP contribution in [0, 0.1) is 5.82 Å². The first-order valence-electron chi connectivity index (χ1n) is 11.5. The zero-order chi connectivity index (χ0) is 26.6. The summed E-state index contributed by atoms with van der Waals surface area (Å²) in [5.74, 6) is -1.09. The Balaban J connectivity index is 1.32. The summed E-state index contributed by atoms with van der Waals surface area (Å²) >= 11 is 1.17. The van der Waals surface area contributed by atoms with Crippen LogP contribution in [0.1, 0.15) is 34.8 Å². The first-order valence-corrected chi connectivity index (χ1v) is 12.3. The maximum Gasteiger partial charge on any atom is 0.416 e. The monoisotopic (exact) mass is 539 g/mol. The van der Waals surface area contributed by atoms with Crippen LogP contribution in [0.2, 0.25) is 0 Å². The molecule has 1 aliphatic carbocycles. The molecule has 2 aromatic heterocycles. The van der Waals surface area contributed by atoms with Crippen LogP contribution >= 0.6 is 11.3 Å². The second kappa shape index (κ2) is 8.91. The Hall–Kier alpha value is -4.32. The highest BCUT2D eigenvalue weighted by molar-refractivity contribution is 7.18. The van der Waals surface area contributed by atoms with Crippen LogP contribution in [-0.2, 0) is 6.18 Å². The molecular weight excluding hydrogens is 522 g/mol. The lowest BCUT2D eigenvalue weighted by Gasteiger charge is -2.10. The third kappa shape index (κ3) is 4.47. The second-order valence-corrected chi connectivity index (χ2v) is 9.83. The normalized spacial score (nSPS) is 13.7. The Kier molecular flexibility index (Phi) is 5.64. The molecule has 6 rings (SSSR count). The highest BCUT2D eigenvalue weighted by Gasteiger charge is 2.32. The van der Waals surface area contributed by atoms with E-state index in [0.29, 0.717) is 38.1 Å². The summed E-state index contributed by atoms with van der Waals surface area (Å²) in [4.78, 5) is 15.7. The van der Waals surface area contributed by atoms with Gasteiger partial charge in [0, 0.05) is 23.2 Å². The fraction of sp³-hybridized carbons (Fsp3) is 0.154. The van der Waals surface area contributed by atoms with Gasteiger partial charge in [0.1, 0.15) is 16.6 Å². The fourth-order valence-corrected chi connectivity index (χ4v) is 4.95. The number of fused-ring (bicyclic) bond motifs is 1. The van der Waals surface area contributed by atoms with Gasteiger partial charge in [0.05, 0.1) is 27.8 Å². The zero-order valence-electron chi connectivity index (χ0n) is 19.3. The molecule has 1 fully saturated rings. The number of hydrogen-bond donors (Lipinski definition) is 2. The number of carboxylic acids is 1. The third-order valence-electron chi connectivity index (χ3n) is 6.21. The molecule has 0 radical (unpaired) electrons. The fourth-order valence-electron chi connectivity index (χ4n) is 4.19. The van der Waals surface area contributed by atoms with E-state index in [9.17, 15) is 18.0 Å². The molecule has 0 atom stereocenters. The number of carbonyl (C=O) groups is 1. The molecule has 192 valence electrons. The molecular formula is C26H17F4N5O2S. The van der Waals surface area contributed by atoms with Gasteiger partial charge >= 0.3 is 12.1 Å². The lowest BCUT2D eigenvalue weighted by Crippen LogP contribution is -2.04. The highest BCUT2D eigenvalue weighted by atomic mass is 32.1. The van der Waals surface area contributed by atoms with Crippen molar-refractivity contribution in [3.8, 4) is 22.0 Å². The van der Waals surface area contributed by atoms with Gasteiger partial charge < -0.3 is 15.0 Å². The topological polar surface area (TPSA) is 92.9 Å². The van der Waals surface area contributed by atoms with Crippen molar-refractivity contribution in [2.24, 2.45) is 0 Å². The molecule has 1 saturated carbocycles. The molecule has 7 nitrogen and oxygen atoms in total. The first-order chi connectivity index (χ1) is 18.2. The van der Waals surface area contributed by atoms with Crippen molar-refractivity contribution in [2.45, 2.75) is 25.1 Å². The minimum atomic E-state index is -4.44. The molecule has 0 amide bonds. The van der Waals surface area contributed by atoms with Crippen LogP contribution in [-0.4, -0.2) is 30.8 Å². The number of halogens is 4. The minimum absolute atomic E-state index is 0.105. The van der Waals surface area contributed by atoms with Gasteiger partial charge in [0.25, 0.3) is 0 Å². The molecule has 5 aromatic rings. The lowest BCUT2D eigenvalue weighted by molar-refractivity contribution is -0.137. The lowest BCUT2D eigenvalue weighted by atomic mass is 10.1. The summed E-state index contributed by atoms with van der Waals surface area (Å²) in [5.41, 5.74) is 1.75. The SMILES string of the molecule is O=C(O)c1ccc(-c2nnc(Nc3cc4nc(-c5ccc(C(F)(F)F)cc5)n(C5CC5)c4cc3F)s2)cc1. The van der Waals surface area contributed by atoms with Crippen molar-refractivity contribution in [2.75, 3.05) is 5.32 Å². The average Bonchev–Trinajstić information content (AvgIpc) is 3.50. The molecule has 12 heteroatoms. The molecule has 0 bridgehead atoms. The van der Waals surface area contributed by atoms with Crippen LogP contribution < -0.4 is 5.32 Å². The number of hydrogen-bond acceptors (Lipinski definition) is 6. The van der Waals surface area contributed by atoms with Crippen molar-refractivity contribution in [3.05, 3.63) is 77.6 Å². The second-order valence-electron chi connectivity index (χ2n) is 8.85. The quantitative estimate of drug-likeness (QED) is 0.223. The molecule has 2 N–H and O–H groups in total. The number of nitrogens with zero attached hydrogens (tertiary/aromatic N) is 4. The number of imidazole rings is 1. The van der Waals surface area contributed by atoms with Gasteiger partial charge in [-0.05, 0) is 43.2 Å². The molecule has 2 heterocycles. The molecule has 3 aromatic carbocycles. The zero-order valence-corrected chi connectivity index (χ0v) is 20.1. The number of aromatic carboxylic acids is 1. The Morgan fingerprint density at radius 1 is 1.00 bits per heavy atom. The van der Waals surface area contributed by atoms with Crippen LogP contribution in [0.4, 0.5) is 28.4 Å². The minimum Gasteiger partial charge on any atom is -0.478 e. The summed E-state index contributed by atoms with van der Waals surface area (Å²) in [6, 6.07) is 14.0. The van der Waals surface area contributed by atoms with Crippen LogP contribution in [0.3, 0.4) is 0 Å². The van der Waals surface area contributed by atoms with Gasteiger partial charge in [-0.15, -0.1) is 10.2 Å². The van der Waals surface area contributed by atoms with E-state index in [0.717, 1.165) is 25.0 Å². The molecule has 0 spiro atoms. The maximum absolute atomic E-state index is 15.2. The number of benzene rings is 3. The van der Waals surface area contributed by atoms with Crippen LogP contribution in [0.5, 0.6) is 0 Å². The Morgan fingerprint density at radius 3 is 2.32 bits per heavy atom. The van der Waals surface area contributed by atoms with E-state index >= 15 is 4.39 Å². The molecule has 0 unspecified atom stereocenters. The van der Waals surface area contributed by atoms with Crippen molar-refractivity contribution in [1.82, 2.24) is 19.7 Å². The summed E-state index contributed by atoms with van der Waals surface area (Å²) < 4.78 is 56.1. The Bertz CT molecular complexity index is 1670. The molecule has 38 heavy (non-hydrogen) atoms. The number of carboxylic acid groups (broad SMARTS) is 1. The average molecular weight is 540 g/mol. The number of aromatic nitrogens is 4. The number of anilines is 2. The predicted octanol–water partition coefficient (Wildman–Crippen LogP) is 7.16. The van der Waals surface area contributed by atoms with E-state index in [2.05, 4.69) is 20.5 Å². The summed E-state index contributed by atoms with van der Waals surface area (Å²) in [6.07, 6.45) is -2.69. The molecule has 0 aliphatic heterocycles. The Labute approximate surface area is 216 Å². The van der Waals surface area contributed by atoms with E-state index in [-0.39, 0.29) is 17.3 Å². The number of alkyl halides is 3. The first kappa shape index (κ1) is 24.0. The van der Waals surface area contributed by atoms with Crippen molar-refractivity contribution in [1.29, 1.82) is 0 Å². The van der Waals surface area contributed by atoms with Crippen LogP contribution in [0.15, 0.2) is 60.7 Å². The van der Waals surface area contributed by atoms with Crippen molar-refractivity contribution in [3.63, 3.8) is 0 Å². The van der Waals surface area contributed by atoms with Gasteiger partial charge in [-0.1, -0.05) is 35.6 Å². The van der Waals surface area contributed by atoms with E-state index in [4.69, 9.17) is 5.11 Å². The summed E-state index contributed by atoms with van der Waals surface area (Å²) in [6.45, 7) is 0. The van der Waals surface area contributed by atoms with Gasteiger partial charge in [0.2, 0.25) is 5.13 Å². The summed E-state index contributed by atoms with van der Waals surface area (Å²) in [7, 11) is 0. The van der Waals surface area contributed by atoms with E-state index in [1.807, 2.05) is 4.57 Å². The highest BCUT2D eigenvalue weighted by Crippen LogP contribution is 2.43. The number of rotatable bonds is 6. The van der Waals surface area contributed by atoms with Crippen molar-refractivity contribution < 1.29 is 27.5 Å². The van der Waals surface area contributed by atoms with Crippen molar-refractivity contribution >= 4 is 39.2 Å². The third-order valence-corrected chi connectivity index (χ3v) is 7.09. The largest absolute Gasteiger partial charge is 0.478 e.